The van der Waals surface area contributed by atoms with Gasteiger partial charge in [-0.15, -0.1) is 0 Å². The number of anilines is 2. The van der Waals surface area contributed by atoms with Gasteiger partial charge < -0.3 is 20.4 Å². The predicted molar refractivity (Wildman–Crippen MR) is 92.8 cm³/mol. The number of urea groups is 1. The van der Waals surface area contributed by atoms with Crippen LogP contribution in [0.2, 0.25) is 0 Å². The van der Waals surface area contributed by atoms with Crippen molar-refractivity contribution in [3.63, 3.8) is 0 Å². The van der Waals surface area contributed by atoms with E-state index in [1.165, 1.54) is 11.8 Å². The Bertz CT molecular complexity index is 613. The molecule has 0 saturated carbocycles. The fourth-order valence-corrected chi connectivity index (χ4v) is 2.73. The highest BCUT2D eigenvalue weighted by molar-refractivity contribution is 5.94. The number of carbonyl (C=O) groups is 3. The number of piperidine rings is 1. The van der Waals surface area contributed by atoms with E-state index in [1.807, 2.05) is 0 Å². The van der Waals surface area contributed by atoms with Gasteiger partial charge in [-0.1, -0.05) is 0 Å². The van der Waals surface area contributed by atoms with Crippen molar-refractivity contribution in [2.24, 2.45) is 5.92 Å². The molecule has 4 amide bonds. The van der Waals surface area contributed by atoms with Crippen molar-refractivity contribution < 1.29 is 14.4 Å². The summed E-state index contributed by atoms with van der Waals surface area (Å²) in [6.07, 6.45) is 1.59. The first kappa shape index (κ1) is 17.8. The van der Waals surface area contributed by atoms with Crippen molar-refractivity contribution in [3.05, 3.63) is 24.3 Å². The summed E-state index contributed by atoms with van der Waals surface area (Å²) in [5, 5.41) is 5.55. The summed E-state index contributed by atoms with van der Waals surface area (Å²) in [6.45, 7) is 2.57. The maximum absolute atomic E-state index is 12.4. The van der Waals surface area contributed by atoms with E-state index >= 15 is 0 Å². The minimum Gasteiger partial charge on any atom is -0.331 e. The summed E-state index contributed by atoms with van der Waals surface area (Å²) in [6, 6.07) is 6.90. The molecule has 24 heavy (non-hydrogen) atoms. The molecule has 0 aromatic heterocycles. The van der Waals surface area contributed by atoms with Crippen LogP contribution in [0.25, 0.3) is 0 Å². The molecule has 1 heterocycles. The van der Waals surface area contributed by atoms with Gasteiger partial charge in [-0.3, -0.25) is 9.59 Å². The van der Waals surface area contributed by atoms with Crippen LogP contribution in [0, 0.1) is 5.92 Å². The van der Waals surface area contributed by atoms with Crippen LogP contribution in [0.1, 0.15) is 19.8 Å². The number of hydrogen-bond acceptors (Lipinski definition) is 3. The quantitative estimate of drug-likeness (QED) is 0.888. The van der Waals surface area contributed by atoms with Gasteiger partial charge >= 0.3 is 6.03 Å². The minimum absolute atomic E-state index is 0.0628. The molecule has 0 unspecified atom stereocenters. The van der Waals surface area contributed by atoms with E-state index in [0.29, 0.717) is 24.5 Å². The van der Waals surface area contributed by atoms with Gasteiger partial charge in [0.2, 0.25) is 11.8 Å². The number of amides is 4. The summed E-state index contributed by atoms with van der Waals surface area (Å²) in [5.74, 6) is -0.434. The number of rotatable bonds is 3. The first-order valence-corrected chi connectivity index (χ1v) is 8.01. The highest BCUT2D eigenvalue weighted by Gasteiger charge is 2.29. The molecule has 0 spiro atoms. The Labute approximate surface area is 142 Å². The van der Waals surface area contributed by atoms with Crippen LogP contribution in [0.3, 0.4) is 0 Å². The molecule has 7 heteroatoms. The Morgan fingerprint density at radius 2 is 1.67 bits per heavy atom. The molecule has 1 aromatic rings. The normalized spacial score (nSPS) is 17.1. The molecule has 1 fully saturated rings. The Balaban J connectivity index is 1.94. The van der Waals surface area contributed by atoms with Gasteiger partial charge in [-0.2, -0.15) is 0 Å². The molecule has 1 aliphatic heterocycles. The zero-order valence-electron chi connectivity index (χ0n) is 14.3. The van der Waals surface area contributed by atoms with Crippen LogP contribution in [-0.4, -0.2) is 54.8 Å². The largest absolute Gasteiger partial charge is 0.331 e. The fourth-order valence-electron chi connectivity index (χ4n) is 2.73. The van der Waals surface area contributed by atoms with E-state index in [1.54, 1.807) is 43.3 Å². The molecule has 2 N–H and O–H groups in total. The Morgan fingerprint density at radius 1 is 1.08 bits per heavy atom. The monoisotopic (exact) mass is 332 g/mol. The lowest BCUT2D eigenvalue weighted by atomic mass is 9.97. The first-order valence-electron chi connectivity index (χ1n) is 8.01. The number of benzene rings is 1. The molecule has 0 aliphatic carbocycles. The average molecular weight is 332 g/mol. The molecule has 1 atom stereocenters. The van der Waals surface area contributed by atoms with Gasteiger partial charge in [0.15, 0.2) is 0 Å². The summed E-state index contributed by atoms with van der Waals surface area (Å²) < 4.78 is 0. The van der Waals surface area contributed by atoms with Gasteiger partial charge in [0.25, 0.3) is 0 Å². The van der Waals surface area contributed by atoms with Crippen molar-refractivity contribution in [2.45, 2.75) is 19.8 Å². The second-order valence-electron chi connectivity index (χ2n) is 6.21. The number of likely N-dealkylation sites (tertiary alicyclic amines) is 1. The zero-order chi connectivity index (χ0) is 17.7. The van der Waals surface area contributed by atoms with Crippen molar-refractivity contribution in [1.82, 2.24) is 9.80 Å². The smallest absolute Gasteiger partial charge is 0.319 e. The molecule has 1 saturated heterocycles. The molecule has 0 radical (unpaired) electrons. The molecule has 1 aliphatic rings. The second kappa shape index (κ2) is 7.81. The Hall–Kier alpha value is -2.57. The topological polar surface area (TPSA) is 81.8 Å². The summed E-state index contributed by atoms with van der Waals surface area (Å²) >= 11 is 0. The molecule has 130 valence electrons. The number of nitrogens with zero attached hydrogens (tertiary/aromatic N) is 2. The molecule has 2 rings (SSSR count). The predicted octanol–water partition coefficient (Wildman–Crippen LogP) is 1.98. The summed E-state index contributed by atoms with van der Waals surface area (Å²) in [4.78, 5) is 38.7. The molecule has 7 nitrogen and oxygen atoms in total. The average Bonchev–Trinajstić information content (AvgIpc) is 2.55. The number of hydrogen-bond donors (Lipinski definition) is 2. The van der Waals surface area contributed by atoms with E-state index in [9.17, 15) is 14.4 Å². The number of nitrogens with one attached hydrogen (secondary N) is 2. The van der Waals surface area contributed by atoms with Gasteiger partial charge in [0.05, 0.1) is 5.92 Å². The van der Waals surface area contributed by atoms with E-state index < -0.39 is 0 Å². The Kier molecular flexibility index (Phi) is 5.78. The highest BCUT2D eigenvalue weighted by atomic mass is 16.2. The van der Waals surface area contributed by atoms with E-state index in [4.69, 9.17) is 0 Å². The van der Waals surface area contributed by atoms with Gasteiger partial charge in [0.1, 0.15) is 0 Å². The van der Waals surface area contributed by atoms with Gasteiger partial charge in [-0.05, 0) is 37.1 Å². The standard InChI is InChI=1S/C17H24N4O3/c1-12(22)18-14-6-8-15(9-7-14)19-16(23)13-5-4-10-21(11-13)17(24)20(2)3/h6-9,13H,4-5,10-11H2,1-3H3,(H,18,22)(H,19,23)/t13-/m0/s1. The lowest BCUT2D eigenvalue weighted by Crippen LogP contribution is -2.47. The SMILES string of the molecule is CC(=O)Nc1ccc(NC(=O)[C@H]2CCCN(C(=O)N(C)C)C2)cc1. The fraction of sp³-hybridized carbons (Fsp3) is 0.471. The van der Waals surface area contributed by atoms with Crippen molar-refractivity contribution in [2.75, 3.05) is 37.8 Å². The first-order chi connectivity index (χ1) is 11.4. The lowest BCUT2D eigenvalue weighted by molar-refractivity contribution is -0.121. The van der Waals surface area contributed by atoms with Crippen LogP contribution in [-0.2, 0) is 9.59 Å². The van der Waals surface area contributed by atoms with Crippen LogP contribution < -0.4 is 10.6 Å². The zero-order valence-corrected chi connectivity index (χ0v) is 14.3. The minimum atomic E-state index is -0.210. The van der Waals surface area contributed by atoms with E-state index in [2.05, 4.69) is 10.6 Å². The van der Waals surface area contributed by atoms with Crippen LogP contribution in [0.15, 0.2) is 24.3 Å². The Morgan fingerprint density at radius 3 is 2.21 bits per heavy atom. The summed E-state index contributed by atoms with van der Waals surface area (Å²) in [7, 11) is 3.42. The molecular weight excluding hydrogens is 308 g/mol. The maximum Gasteiger partial charge on any atom is 0.319 e. The third-order valence-corrected chi connectivity index (χ3v) is 3.92. The second-order valence-corrected chi connectivity index (χ2v) is 6.21. The van der Waals surface area contributed by atoms with Crippen LogP contribution in [0.5, 0.6) is 0 Å². The highest BCUT2D eigenvalue weighted by Crippen LogP contribution is 2.20. The van der Waals surface area contributed by atoms with Gasteiger partial charge in [-0.25, -0.2) is 4.79 Å². The van der Waals surface area contributed by atoms with Crippen LogP contribution in [0.4, 0.5) is 16.2 Å². The molecule has 1 aromatic carbocycles. The third-order valence-electron chi connectivity index (χ3n) is 3.92. The van der Waals surface area contributed by atoms with Crippen molar-refractivity contribution >= 4 is 29.2 Å². The van der Waals surface area contributed by atoms with E-state index in [-0.39, 0.29) is 23.8 Å². The summed E-state index contributed by atoms with van der Waals surface area (Å²) in [5.41, 5.74) is 1.35. The van der Waals surface area contributed by atoms with Crippen molar-refractivity contribution in [1.29, 1.82) is 0 Å². The molecule has 0 bridgehead atoms. The number of carbonyl (C=O) groups excluding carboxylic acids is 3. The van der Waals surface area contributed by atoms with E-state index in [0.717, 1.165) is 12.8 Å². The van der Waals surface area contributed by atoms with Crippen LogP contribution >= 0.6 is 0 Å². The van der Waals surface area contributed by atoms with Gasteiger partial charge in [0, 0.05) is 45.5 Å². The molecular formula is C17H24N4O3. The third kappa shape index (κ3) is 4.71. The lowest BCUT2D eigenvalue weighted by Gasteiger charge is -2.33. The van der Waals surface area contributed by atoms with Crippen molar-refractivity contribution in [3.8, 4) is 0 Å². The maximum atomic E-state index is 12.4.